The van der Waals surface area contributed by atoms with Crippen molar-refractivity contribution in [1.82, 2.24) is 10.6 Å². The van der Waals surface area contributed by atoms with Crippen LogP contribution in [-0.2, 0) is 4.79 Å². The molecule has 18 heavy (non-hydrogen) atoms. The third-order valence-electron chi connectivity index (χ3n) is 2.82. The fourth-order valence-electron chi connectivity index (χ4n) is 1.52. The Balaban J connectivity index is 3.93. The van der Waals surface area contributed by atoms with Crippen molar-refractivity contribution in [1.29, 1.82) is 0 Å². The number of hydrogen-bond acceptors (Lipinski definition) is 2. The lowest BCUT2D eigenvalue weighted by molar-refractivity contribution is -0.128. The van der Waals surface area contributed by atoms with E-state index in [1.165, 1.54) is 19.3 Å². The van der Waals surface area contributed by atoms with E-state index in [0.29, 0.717) is 12.5 Å². The second-order valence-electron chi connectivity index (χ2n) is 5.15. The lowest BCUT2D eigenvalue weighted by Crippen LogP contribution is -2.39. The zero-order valence-corrected chi connectivity index (χ0v) is 12.2. The van der Waals surface area contributed by atoms with E-state index in [4.69, 9.17) is 5.73 Å². The monoisotopic (exact) mass is 256 g/mol. The molecule has 0 radical (unpaired) electrons. The molecular weight excluding hydrogens is 228 g/mol. The van der Waals surface area contributed by atoms with Crippen LogP contribution in [0.25, 0.3) is 0 Å². The molecule has 0 fully saturated rings. The largest absolute Gasteiger partial charge is 0.370 e. The summed E-state index contributed by atoms with van der Waals surface area (Å²) in [6, 6.07) is 0. The van der Waals surface area contributed by atoms with Crippen LogP contribution in [0.2, 0.25) is 0 Å². The Morgan fingerprint density at radius 3 is 2.50 bits per heavy atom. The molecule has 0 heterocycles. The van der Waals surface area contributed by atoms with Gasteiger partial charge in [-0.15, -0.1) is 0 Å². The van der Waals surface area contributed by atoms with Gasteiger partial charge < -0.3 is 16.4 Å². The molecule has 0 spiro atoms. The zero-order chi connectivity index (χ0) is 14.0. The standard InChI is InChI=1S/C13H28N4O/c1-5-6-7-8-9-16-12(14)17-10-13(2,3)11(18)15-4/h5-10H2,1-4H3,(H,15,18)(H3,14,16,17). The van der Waals surface area contributed by atoms with Crippen molar-refractivity contribution in [2.45, 2.75) is 46.5 Å². The van der Waals surface area contributed by atoms with Crippen LogP contribution >= 0.6 is 0 Å². The molecule has 4 N–H and O–H groups in total. The van der Waals surface area contributed by atoms with Gasteiger partial charge in [-0.05, 0) is 20.3 Å². The number of nitrogens with two attached hydrogens (primary N) is 1. The maximum absolute atomic E-state index is 11.5. The maximum atomic E-state index is 11.5. The minimum atomic E-state index is -0.525. The lowest BCUT2D eigenvalue weighted by Gasteiger charge is -2.20. The first-order valence-electron chi connectivity index (χ1n) is 6.70. The summed E-state index contributed by atoms with van der Waals surface area (Å²) < 4.78 is 0. The van der Waals surface area contributed by atoms with Crippen LogP contribution < -0.4 is 16.4 Å². The van der Waals surface area contributed by atoms with Crippen LogP contribution in [0.5, 0.6) is 0 Å². The van der Waals surface area contributed by atoms with E-state index in [-0.39, 0.29) is 5.91 Å². The average molecular weight is 256 g/mol. The predicted molar refractivity (Wildman–Crippen MR) is 76.5 cm³/mol. The molecule has 0 aliphatic carbocycles. The number of amides is 1. The molecule has 0 aliphatic rings. The third kappa shape index (κ3) is 7.14. The SMILES string of the molecule is CCCCCCNC(N)=NCC(C)(C)C(=O)NC. The lowest BCUT2D eigenvalue weighted by atomic mass is 9.93. The van der Waals surface area contributed by atoms with E-state index in [2.05, 4.69) is 22.5 Å². The maximum Gasteiger partial charge on any atom is 0.227 e. The minimum absolute atomic E-state index is 0.0259. The summed E-state index contributed by atoms with van der Waals surface area (Å²) in [7, 11) is 1.63. The van der Waals surface area contributed by atoms with Gasteiger partial charge in [-0.1, -0.05) is 26.2 Å². The van der Waals surface area contributed by atoms with Crippen LogP contribution in [0.1, 0.15) is 46.5 Å². The highest BCUT2D eigenvalue weighted by Gasteiger charge is 2.26. The molecule has 0 rings (SSSR count). The Labute approximate surface area is 111 Å². The number of unbranched alkanes of at least 4 members (excludes halogenated alkanes) is 3. The van der Waals surface area contributed by atoms with Crippen LogP contribution in [0.3, 0.4) is 0 Å². The highest BCUT2D eigenvalue weighted by atomic mass is 16.2. The van der Waals surface area contributed by atoms with Gasteiger partial charge in [0.1, 0.15) is 0 Å². The van der Waals surface area contributed by atoms with Gasteiger partial charge in [0.15, 0.2) is 5.96 Å². The van der Waals surface area contributed by atoms with Gasteiger partial charge in [0.2, 0.25) is 5.91 Å². The molecular formula is C13H28N4O. The molecule has 0 aromatic carbocycles. The van der Waals surface area contributed by atoms with Crippen molar-refractivity contribution < 1.29 is 4.79 Å². The molecule has 0 atom stereocenters. The fourth-order valence-corrected chi connectivity index (χ4v) is 1.52. The second-order valence-corrected chi connectivity index (χ2v) is 5.15. The number of nitrogens with one attached hydrogen (secondary N) is 2. The molecule has 0 aromatic heterocycles. The number of guanidine groups is 1. The third-order valence-corrected chi connectivity index (χ3v) is 2.82. The van der Waals surface area contributed by atoms with Crippen LogP contribution in [-0.4, -0.2) is 32.0 Å². The topological polar surface area (TPSA) is 79.5 Å². The molecule has 1 amide bonds. The number of carbonyl (C=O) groups is 1. The van der Waals surface area contributed by atoms with Crippen LogP contribution in [0.4, 0.5) is 0 Å². The summed E-state index contributed by atoms with van der Waals surface area (Å²) in [5.74, 6) is 0.394. The highest BCUT2D eigenvalue weighted by Crippen LogP contribution is 2.14. The zero-order valence-electron chi connectivity index (χ0n) is 12.2. The number of carbonyl (C=O) groups excluding carboxylic acids is 1. The second kappa shape index (κ2) is 8.78. The first-order chi connectivity index (χ1) is 8.44. The van der Waals surface area contributed by atoms with Crippen molar-refractivity contribution in [3.05, 3.63) is 0 Å². The van der Waals surface area contributed by atoms with Crippen LogP contribution in [0.15, 0.2) is 4.99 Å². The Morgan fingerprint density at radius 1 is 1.28 bits per heavy atom. The molecule has 0 saturated heterocycles. The molecule has 5 heteroatoms. The molecule has 0 bridgehead atoms. The summed E-state index contributed by atoms with van der Waals surface area (Å²) in [6.45, 7) is 7.12. The van der Waals surface area contributed by atoms with E-state index in [0.717, 1.165) is 13.0 Å². The first kappa shape index (κ1) is 16.7. The fraction of sp³-hybridized carbons (Fsp3) is 0.846. The number of rotatable bonds is 8. The van der Waals surface area contributed by atoms with Crippen LogP contribution in [0, 0.1) is 5.41 Å². The molecule has 0 unspecified atom stereocenters. The summed E-state index contributed by atoms with van der Waals surface area (Å²) in [5, 5.41) is 5.69. The van der Waals surface area contributed by atoms with E-state index < -0.39 is 5.41 Å². The van der Waals surface area contributed by atoms with Crippen molar-refractivity contribution in [3.63, 3.8) is 0 Å². The van der Waals surface area contributed by atoms with E-state index >= 15 is 0 Å². The molecule has 0 aromatic rings. The normalized spacial score (nSPS) is 12.3. The summed E-state index contributed by atoms with van der Waals surface area (Å²) in [5.41, 5.74) is 5.22. The van der Waals surface area contributed by atoms with E-state index in [1.807, 2.05) is 13.8 Å². The highest BCUT2D eigenvalue weighted by molar-refractivity contribution is 5.83. The Morgan fingerprint density at radius 2 is 1.94 bits per heavy atom. The number of nitrogens with zero attached hydrogens (tertiary/aromatic N) is 1. The van der Waals surface area contributed by atoms with Gasteiger partial charge in [-0.25, -0.2) is 0 Å². The smallest absolute Gasteiger partial charge is 0.227 e. The Hall–Kier alpha value is -1.26. The Kier molecular flexibility index (Phi) is 8.16. The Bertz CT molecular complexity index is 274. The molecule has 5 nitrogen and oxygen atoms in total. The van der Waals surface area contributed by atoms with Crippen molar-refractivity contribution >= 4 is 11.9 Å². The van der Waals surface area contributed by atoms with Gasteiger partial charge in [0.05, 0.1) is 12.0 Å². The van der Waals surface area contributed by atoms with E-state index in [9.17, 15) is 4.79 Å². The molecule has 0 saturated carbocycles. The summed E-state index contributed by atoms with van der Waals surface area (Å²) in [4.78, 5) is 15.7. The van der Waals surface area contributed by atoms with Crippen molar-refractivity contribution in [2.24, 2.45) is 16.1 Å². The quantitative estimate of drug-likeness (QED) is 0.347. The molecule has 0 aliphatic heterocycles. The van der Waals surface area contributed by atoms with Gasteiger partial charge in [-0.2, -0.15) is 0 Å². The summed E-state index contributed by atoms with van der Waals surface area (Å²) in [6.07, 6.45) is 4.79. The number of hydrogen-bond donors (Lipinski definition) is 3. The summed E-state index contributed by atoms with van der Waals surface area (Å²) >= 11 is 0. The van der Waals surface area contributed by atoms with Crippen molar-refractivity contribution in [3.8, 4) is 0 Å². The van der Waals surface area contributed by atoms with Gasteiger partial charge in [0.25, 0.3) is 0 Å². The van der Waals surface area contributed by atoms with Gasteiger partial charge in [-0.3, -0.25) is 9.79 Å². The number of aliphatic imine (C=N–C) groups is 1. The van der Waals surface area contributed by atoms with Gasteiger partial charge in [0, 0.05) is 13.6 Å². The molecule has 106 valence electrons. The van der Waals surface area contributed by atoms with Gasteiger partial charge >= 0.3 is 0 Å². The predicted octanol–water partition coefficient (Wildman–Crippen LogP) is 1.24. The first-order valence-corrected chi connectivity index (χ1v) is 6.70. The average Bonchev–Trinajstić information content (AvgIpc) is 2.35. The van der Waals surface area contributed by atoms with E-state index in [1.54, 1.807) is 7.05 Å². The van der Waals surface area contributed by atoms with Crippen molar-refractivity contribution in [2.75, 3.05) is 20.1 Å². The minimum Gasteiger partial charge on any atom is -0.370 e.